The van der Waals surface area contributed by atoms with Gasteiger partial charge in [-0.1, -0.05) is 18.2 Å². The molecule has 0 unspecified atom stereocenters. The number of carbonyl (C=O) groups is 3. The Kier molecular flexibility index (Phi) is 8.15. The third-order valence-electron chi connectivity index (χ3n) is 4.76. The molecule has 3 amide bonds. The number of amides is 3. The van der Waals surface area contributed by atoms with E-state index in [1.165, 1.54) is 13.2 Å². The molecular formula is C24H24N2O6S. The number of methoxy groups -OCH3 is 3. The molecule has 1 N–H and O–H groups in total. The number of hydrogen-bond donors (Lipinski definition) is 1. The minimum atomic E-state index is -0.379. The molecule has 1 aliphatic rings. The Labute approximate surface area is 196 Å². The van der Waals surface area contributed by atoms with Gasteiger partial charge in [-0.2, -0.15) is 0 Å². The van der Waals surface area contributed by atoms with E-state index in [0.29, 0.717) is 22.2 Å². The number of nitrogens with one attached hydrogen (secondary N) is 1. The molecule has 0 aliphatic carbocycles. The molecule has 0 atom stereocenters. The molecule has 0 aromatic heterocycles. The van der Waals surface area contributed by atoms with Crippen LogP contribution in [0.15, 0.2) is 53.4 Å². The van der Waals surface area contributed by atoms with Crippen LogP contribution in [0.2, 0.25) is 0 Å². The molecule has 0 radical (unpaired) electrons. The Morgan fingerprint density at radius 1 is 0.970 bits per heavy atom. The highest BCUT2D eigenvalue weighted by atomic mass is 32.2. The first-order chi connectivity index (χ1) is 15.9. The highest BCUT2D eigenvalue weighted by Gasteiger charge is 2.34. The molecule has 0 spiro atoms. The van der Waals surface area contributed by atoms with E-state index in [9.17, 15) is 14.4 Å². The van der Waals surface area contributed by atoms with E-state index < -0.39 is 0 Å². The second kappa shape index (κ2) is 11.2. The van der Waals surface area contributed by atoms with Gasteiger partial charge in [0.15, 0.2) is 11.5 Å². The summed E-state index contributed by atoms with van der Waals surface area (Å²) < 4.78 is 15.5. The molecule has 0 saturated carbocycles. The summed E-state index contributed by atoms with van der Waals surface area (Å²) in [6.45, 7) is 0.226. The van der Waals surface area contributed by atoms with Crippen molar-refractivity contribution in [2.45, 2.75) is 0 Å². The van der Waals surface area contributed by atoms with Gasteiger partial charge in [0.25, 0.3) is 11.1 Å². The van der Waals surface area contributed by atoms with Gasteiger partial charge >= 0.3 is 0 Å². The Morgan fingerprint density at radius 3 is 2.33 bits per heavy atom. The first-order valence-corrected chi connectivity index (χ1v) is 10.8. The predicted octanol–water partition coefficient (Wildman–Crippen LogP) is 3.58. The van der Waals surface area contributed by atoms with Crippen molar-refractivity contribution in [3.63, 3.8) is 0 Å². The van der Waals surface area contributed by atoms with E-state index in [0.717, 1.165) is 27.8 Å². The molecule has 9 heteroatoms. The summed E-state index contributed by atoms with van der Waals surface area (Å²) in [5.74, 6) is 1.14. The van der Waals surface area contributed by atoms with Crippen LogP contribution in [0.5, 0.6) is 17.2 Å². The van der Waals surface area contributed by atoms with Gasteiger partial charge in [-0.3, -0.25) is 19.3 Å². The molecule has 1 heterocycles. The van der Waals surface area contributed by atoms with Crippen molar-refractivity contribution in [2.24, 2.45) is 0 Å². The van der Waals surface area contributed by atoms with Gasteiger partial charge in [-0.05, 0) is 59.3 Å². The van der Waals surface area contributed by atoms with Gasteiger partial charge in [-0.25, -0.2) is 0 Å². The zero-order valence-corrected chi connectivity index (χ0v) is 19.3. The van der Waals surface area contributed by atoms with Gasteiger partial charge < -0.3 is 19.5 Å². The molecule has 33 heavy (non-hydrogen) atoms. The Hall–Kier alpha value is -3.72. The first kappa shape index (κ1) is 23.9. The third kappa shape index (κ3) is 6.17. The summed E-state index contributed by atoms with van der Waals surface area (Å²) in [5, 5.41) is 2.31. The van der Waals surface area contributed by atoms with Crippen LogP contribution < -0.4 is 19.5 Å². The van der Waals surface area contributed by atoms with Crippen molar-refractivity contribution in [1.29, 1.82) is 0 Å². The number of hydrogen-bond acceptors (Lipinski definition) is 7. The van der Waals surface area contributed by atoms with Crippen LogP contribution in [0.3, 0.4) is 0 Å². The van der Waals surface area contributed by atoms with Crippen LogP contribution >= 0.6 is 11.8 Å². The minimum Gasteiger partial charge on any atom is -0.497 e. The quantitative estimate of drug-likeness (QED) is 0.562. The van der Waals surface area contributed by atoms with Crippen LogP contribution in [0.4, 0.5) is 4.79 Å². The van der Waals surface area contributed by atoms with Crippen molar-refractivity contribution < 1.29 is 28.6 Å². The lowest BCUT2D eigenvalue weighted by Gasteiger charge is -2.12. The highest BCUT2D eigenvalue weighted by molar-refractivity contribution is 8.18. The Morgan fingerprint density at radius 2 is 1.67 bits per heavy atom. The van der Waals surface area contributed by atoms with E-state index in [2.05, 4.69) is 5.32 Å². The fraction of sp³-hybridized carbons (Fsp3) is 0.208. The number of nitrogens with zero attached hydrogens (tertiary/aromatic N) is 1. The standard InChI is InChI=1S/C24H24N2O6S/c1-30-18-8-4-17(5-9-18)15-21-23(28)26(24(29)33-21)13-12-25-22(27)11-7-16-6-10-19(31-2)20(14-16)32-3/h4-11,14-15H,12-13H2,1-3H3,(H,25,27). The third-order valence-corrected chi connectivity index (χ3v) is 5.66. The molecule has 2 aromatic rings. The van der Waals surface area contributed by atoms with Gasteiger partial charge in [0.2, 0.25) is 5.91 Å². The fourth-order valence-electron chi connectivity index (χ4n) is 3.02. The van der Waals surface area contributed by atoms with Gasteiger partial charge in [0.05, 0.1) is 26.2 Å². The van der Waals surface area contributed by atoms with Crippen molar-refractivity contribution in [2.75, 3.05) is 34.4 Å². The van der Waals surface area contributed by atoms with Gasteiger partial charge in [0.1, 0.15) is 5.75 Å². The molecule has 1 saturated heterocycles. The van der Waals surface area contributed by atoms with E-state index in [-0.39, 0.29) is 30.1 Å². The molecule has 0 bridgehead atoms. The maximum Gasteiger partial charge on any atom is 0.293 e. The van der Waals surface area contributed by atoms with Crippen LogP contribution in [-0.4, -0.2) is 56.4 Å². The first-order valence-electron chi connectivity index (χ1n) is 10.0. The van der Waals surface area contributed by atoms with Crippen molar-refractivity contribution in [3.8, 4) is 17.2 Å². The van der Waals surface area contributed by atoms with E-state index in [4.69, 9.17) is 14.2 Å². The normalized spacial score (nSPS) is 14.8. The summed E-state index contributed by atoms with van der Waals surface area (Å²) in [6, 6.07) is 12.5. The van der Waals surface area contributed by atoms with Crippen LogP contribution in [0, 0.1) is 0 Å². The molecule has 1 fully saturated rings. The number of thioether (sulfide) groups is 1. The number of imide groups is 1. The second-order valence-electron chi connectivity index (χ2n) is 6.85. The number of carbonyl (C=O) groups excluding carboxylic acids is 3. The number of rotatable bonds is 9. The van der Waals surface area contributed by atoms with Crippen molar-refractivity contribution >= 4 is 41.0 Å². The van der Waals surface area contributed by atoms with Gasteiger partial charge in [0, 0.05) is 19.2 Å². The molecule has 1 aliphatic heterocycles. The SMILES string of the molecule is COc1ccc(C=C2SC(=O)N(CCNC(=O)C=Cc3ccc(OC)c(OC)c3)C2=O)cc1. The van der Waals surface area contributed by atoms with Crippen LogP contribution in [0.1, 0.15) is 11.1 Å². The van der Waals surface area contributed by atoms with Crippen LogP contribution in [-0.2, 0) is 9.59 Å². The molecule has 3 rings (SSSR count). The molecule has 172 valence electrons. The molecule has 8 nitrogen and oxygen atoms in total. The molecular weight excluding hydrogens is 444 g/mol. The van der Waals surface area contributed by atoms with Gasteiger partial charge in [-0.15, -0.1) is 0 Å². The fourth-order valence-corrected chi connectivity index (χ4v) is 3.89. The summed E-state index contributed by atoms with van der Waals surface area (Å²) in [5.41, 5.74) is 1.55. The highest BCUT2D eigenvalue weighted by Crippen LogP contribution is 2.32. The van der Waals surface area contributed by atoms with Crippen LogP contribution in [0.25, 0.3) is 12.2 Å². The summed E-state index contributed by atoms with van der Waals surface area (Å²) >= 11 is 0.878. The monoisotopic (exact) mass is 468 g/mol. The zero-order chi connectivity index (χ0) is 23.8. The maximum atomic E-state index is 12.6. The topological polar surface area (TPSA) is 94.2 Å². The maximum absolute atomic E-state index is 12.6. The van der Waals surface area contributed by atoms with Crippen molar-refractivity contribution in [3.05, 3.63) is 64.6 Å². The second-order valence-corrected chi connectivity index (χ2v) is 7.84. The number of ether oxygens (including phenoxy) is 3. The minimum absolute atomic E-state index is 0.0839. The lowest BCUT2D eigenvalue weighted by molar-refractivity contribution is -0.123. The largest absolute Gasteiger partial charge is 0.497 e. The average molecular weight is 469 g/mol. The lowest BCUT2D eigenvalue weighted by atomic mass is 10.2. The lowest BCUT2D eigenvalue weighted by Crippen LogP contribution is -2.36. The number of benzene rings is 2. The Balaban J connectivity index is 1.53. The predicted molar refractivity (Wildman–Crippen MR) is 127 cm³/mol. The summed E-state index contributed by atoms with van der Waals surface area (Å²) in [7, 11) is 4.66. The average Bonchev–Trinajstić information content (AvgIpc) is 3.10. The molecule has 2 aromatic carbocycles. The summed E-state index contributed by atoms with van der Waals surface area (Å²) in [4.78, 5) is 38.4. The Bertz CT molecular complexity index is 1090. The smallest absolute Gasteiger partial charge is 0.293 e. The van der Waals surface area contributed by atoms with E-state index >= 15 is 0 Å². The summed E-state index contributed by atoms with van der Waals surface area (Å²) in [6.07, 6.45) is 4.67. The van der Waals surface area contributed by atoms with Crippen molar-refractivity contribution in [1.82, 2.24) is 10.2 Å². The zero-order valence-electron chi connectivity index (χ0n) is 18.5. The van der Waals surface area contributed by atoms with E-state index in [1.54, 1.807) is 68.8 Å². The van der Waals surface area contributed by atoms with E-state index in [1.807, 2.05) is 0 Å².